The van der Waals surface area contributed by atoms with Crippen LogP contribution < -0.4 is 14.8 Å². The molecule has 0 aliphatic rings. The molecule has 2 heterocycles. The number of rotatable bonds is 9. The van der Waals surface area contributed by atoms with Crippen LogP contribution in [0.4, 0.5) is 5.82 Å². The van der Waals surface area contributed by atoms with Crippen LogP contribution in [-0.4, -0.2) is 22.3 Å². The van der Waals surface area contributed by atoms with Gasteiger partial charge in [-0.25, -0.2) is 0 Å². The first-order chi connectivity index (χ1) is 16.0. The molecular weight excluding hydrogens is 442 g/mol. The number of benzene rings is 2. The molecule has 7 nitrogen and oxygen atoms in total. The summed E-state index contributed by atoms with van der Waals surface area (Å²) in [6.07, 6.45) is 0. The predicted octanol–water partition coefficient (Wildman–Crippen LogP) is 5.72. The molecule has 1 amide bonds. The molecule has 0 spiro atoms. The number of carbonyl (C=O) groups is 1. The van der Waals surface area contributed by atoms with Crippen LogP contribution in [0.5, 0.6) is 11.5 Å². The van der Waals surface area contributed by atoms with E-state index in [1.54, 1.807) is 22.9 Å². The fourth-order valence-electron chi connectivity index (χ4n) is 3.23. The molecule has 0 aliphatic heterocycles. The molecule has 33 heavy (non-hydrogen) atoms. The molecule has 2 aromatic heterocycles. The molecule has 0 unspecified atom stereocenters. The molecule has 4 aromatic rings. The third-order valence-corrected chi connectivity index (χ3v) is 5.27. The van der Waals surface area contributed by atoms with Gasteiger partial charge >= 0.3 is 0 Å². The maximum Gasteiger partial charge on any atom is 0.292 e. The Morgan fingerprint density at radius 1 is 1.06 bits per heavy atom. The Morgan fingerprint density at radius 2 is 1.79 bits per heavy atom. The molecule has 0 bridgehead atoms. The molecule has 0 radical (unpaired) electrons. The van der Waals surface area contributed by atoms with Crippen LogP contribution in [0.2, 0.25) is 5.02 Å². The highest BCUT2D eigenvalue weighted by Crippen LogP contribution is 2.21. The summed E-state index contributed by atoms with van der Waals surface area (Å²) >= 11 is 6.25. The van der Waals surface area contributed by atoms with Crippen LogP contribution in [0, 0.1) is 6.92 Å². The highest BCUT2D eigenvalue weighted by atomic mass is 35.5. The van der Waals surface area contributed by atoms with E-state index in [2.05, 4.69) is 10.4 Å². The number of ether oxygens (including phenoxy) is 2. The number of hydrogen-bond acceptors (Lipinski definition) is 5. The van der Waals surface area contributed by atoms with Crippen molar-refractivity contribution in [1.29, 1.82) is 0 Å². The second kappa shape index (κ2) is 10.3. The highest BCUT2D eigenvalue weighted by Gasteiger charge is 2.15. The van der Waals surface area contributed by atoms with Crippen LogP contribution in [0.25, 0.3) is 0 Å². The average Bonchev–Trinajstić information content (AvgIpc) is 3.42. The Hall–Kier alpha value is -3.71. The van der Waals surface area contributed by atoms with Crippen molar-refractivity contribution in [3.05, 3.63) is 94.5 Å². The van der Waals surface area contributed by atoms with Crippen LogP contribution in [0.15, 0.2) is 71.1 Å². The molecule has 4 rings (SSSR count). The molecule has 0 saturated heterocycles. The van der Waals surface area contributed by atoms with E-state index in [0.29, 0.717) is 35.5 Å². The van der Waals surface area contributed by atoms with Crippen molar-refractivity contribution in [3.8, 4) is 11.5 Å². The monoisotopic (exact) mass is 465 g/mol. The van der Waals surface area contributed by atoms with Crippen molar-refractivity contribution in [2.75, 3.05) is 11.9 Å². The van der Waals surface area contributed by atoms with E-state index in [1.165, 1.54) is 0 Å². The minimum absolute atomic E-state index is 0.179. The van der Waals surface area contributed by atoms with Gasteiger partial charge in [-0.05, 0) is 61.9 Å². The minimum atomic E-state index is -0.385. The average molecular weight is 466 g/mol. The van der Waals surface area contributed by atoms with E-state index in [9.17, 15) is 4.79 Å². The van der Waals surface area contributed by atoms with Gasteiger partial charge in [0.05, 0.1) is 13.2 Å². The van der Waals surface area contributed by atoms with Gasteiger partial charge < -0.3 is 19.2 Å². The number of carbonyl (C=O) groups excluding carboxylic acids is 1. The number of hydrogen-bond donors (Lipinski definition) is 1. The third kappa shape index (κ3) is 5.75. The topological polar surface area (TPSA) is 78.5 Å². The summed E-state index contributed by atoms with van der Waals surface area (Å²) < 4.78 is 18.6. The van der Waals surface area contributed by atoms with Gasteiger partial charge in [0, 0.05) is 16.8 Å². The van der Waals surface area contributed by atoms with Gasteiger partial charge in [0.15, 0.2) is 11.6 Å². The Kier molecular flexibility index (Phi) is 7.00. The number of halogens is 1. The van der Waals surface area contributed by atoms with Gasteiger partial charge in [-0.3, -0.25) is 9.48 Å². The Labute approximate surface area is 196 Å². The number of aromatic nitrogens is 2. The third-order valence-electron chi connectivity index (χ3n) is 4.90. The highest BCUT2D eigenvalue weighted by molar-refractivity contribution is 6.31. The molecule has 0 aliphatic carbocycles. The summed E-state index contributed by atoms with van der Waals surface area (Å²) in [6.45, 7) is 5.17. The van der Waals surface area contributed by atoms with Crippen molar-refractivity contribution >= 4 is 23.3 Å². The summed E-state index contributed by atoms with van der Waals surface area (Å²) in [4.78, 5) is 12.6. The van der Waals surface area contributed by atoms with Crippen molar-refractivity contribution in [1.82, 2.24) is 9.78 Å². The summed E-state index contributed by atoms with van der Waals surface area (Å²) in [6, 6.07) is 20.0. The lowest BCUT2D eigenvalue weighted by molar-refractivity contribution is 0.0992. The van der Waals surface area contributed by atoms with Crippen molar-refractivity contribution in [3.63, 3.8) is 0 Å². The first kappa shape index (κ1) is 22.5. The fraction of sp³-hybridized carbons (Fsp3) is 0.200. The lowest BCUT2D eigenvalue weighted by Gasteiger charge is -2.06. The smallest absolute Gasteiger partial charge is 0.292 e. The molecule has 0 saturated carbocycles. The standard InChI is InChI=1S/C25H24ClN3O4/c1-3-31-19-8-10-20(11-9-19)32-16-21-12-13-23(33-21)25(30)27-24-14-17(2)29(28-24)15-18-6-4-5-7-22(18)26/h4-14H,3,15-16H2,1-2H3,(H,27,28,30). The number of aryl methyl sites for hydroxylation is 1. The van der Waals surface area contributed by atoms with E-state index in [1.807, 2.05) is 62.4 Å². The van der Waals surface area contributed by atoms with Crippen LogP contribution >= 0.6 is 11.6 Å². The van der Waals surface area contributed by atoms with Gasteiger partial charge in [-0.2, -0.15) is 5.10 Å². The maximum absolute atomic E-state index is 12.6. The van der Waals surface area contributed by atoms with Crippen LogP contribution in [0.1, 0.15) is 34.5 Å². The van der Waals surface area contributed by atoms with E-state index < -0.39 is 0 Å². The fourth-order valence-corrected chi connectivity index (χ4v) is 3.42. The zero-order valence-electron chi connectivity index (χ0n) is 18.4. The zero-order valence-corrected chi connectivity index (χ0v) is 19.1. The molecule has 0 atom stereocenters. The van der Waals surface area contributed by atoms with Crippen LogP contribution in [-0.2, 0) is 13.2 Å². The second-order valence-electron chi connectivity index (χ2n) is 7.33. The predicted molar refractivity (Wildman–Crippen MR) is 126 cm³/mol. The maximum atomic E-state index is 12.6. The van der Waals surface area contributed by atoms with Gasteiger partial charge in [0.25, 0.3) is 5.91 Å². The SMILES string of the molecule is CCOc1ccc(OCc2ccc(C(=O)Nc3cc(C)n(Cc4ccccc4Cl)n3)o2)cc1. The lowest BCUT2D eigenvalue weighted by Crippen LogP contribution is -2.12. The summed E-state index contributed by atoms with van der Waals surface area (Å²) in [5, 5.41) is 7.91. The minimum Gasteiger partial charge on any atom is -0.494 e. The molecule has 8 heteroatoms. The van der Waals surface area contributed by atoms with E-state index >= 15 is 0 Å². The summed E-state index contributed by atoms with van der Waals surface area (Å²) in [7, 11) is 0. The quantitative estimate of drug-likeness (QED) is 0.342. The number of amides is 1. The Bertz CT molecular complexity index is 1230. The largest absolute Gasteiger partial charge is 0.494 e. The number of furan rings is 1. The number of nitrogens with zero attached hydrogens (tertiary/aromatic N) is 2. The molecular formula is C25H24ClN3O4. The van der Waals surface area contributed by atoms with Crippen LogP contribution in [0.3, 0.4) is 0 Å². The molecule has 2 aromatic carbocycles. The van der Waals surface area contributed by atoms with Crippen molar-refractivity contribution < 1.29 is 18.7 Å². The van der Waals surface area contributed by atoms with Crippen molar-refractivity contribution in [2.24, 2.45) is 0 Å². The Balaban J connectivity index is 1.34. The zero-order chi connectivity index (χ0) is 23.2. The Morgan fingerprint density at radius 3 is 2.52 bits per heavy atom. The number of anilines is 1. The molecule has 170 valence electrons. The number of nitrogens with one attached hydrogen (secondary N) is 1. The second-order valence-corrected chi connectivity index (χ2v) is 7.74. The summed E-state index contributed by atoms with van der Waals surface area (Å²) in [5.41, 5.74) is 1.85. The molecule has 1 N–H and O–H groups in total. The first-order valence-corrected chi connectivity index (χ1v) is 10.9. The van der Waals surface area contributed by atoms with Gasteiger partial charge in [0.1, 0.15) is 23.9 Å². The normalized spacial score (nSPS) is 10.8. The van der Waals surface area contributed by atoms with Gasteiger partial charge in [-0.1, -0.05) is 29.8 Å². The first-order valence-electron chi connectivity index (χ1n) is 10.6. The summed E-state index contributed by atoms with van der Waals surface area (Å²) in [5.74, 6) is 2.23. The lowest BCUT2D eigenvalue weighted by atomic mass is 10.2. The van der Waals surface area contributed by atoms with E-state index in [-0.39, 0.29) is 18.3 Å². The molecule has 0 fully saturated rings. The van der Waals surface area contributed by atoms with E-state index in [4.69, 9.17) is 25.5 Å². The van der Waals surface area contributed by atoms with E-state index in [0.717, 1.165) is 17.0 Å². The van der Waals surface area contributed by atoms with Gasteiger partial charge in [-0.15, -0.1) is 0 Å². The van der Waals surface area contributed by atoms with Crippen molar-refractivity contribution in [2.45, 2.75) is 27.0 Å². The van der Waals surface area contributed by atoms with Gasteiger partial charge in [0.2, 0.25) is 0 Å².